The molecule has 2 atom stereocenters. The number of aryl methyl sites for hydroxylation is 2. The number of hydrogen-bond donors (Lipinski definition) is 2. The molecule has 8 rings (SSSR count). The maximum atomic E-state index is 14.2. The second kappa shape index (κ2) is 25.7. The van der Waals surface area contributed by atoms with Gasteiger partial charge in [-0.2, -0.15) is 0 Å². The van der Waals surface area contributed by atoms with Crippen molar-refractivity contribution in [2.45, 2.75) is 188 Å². The summed E-state index contributed by atoms with van der Waals surface area (Å²) in [6.45, 7) is 20.2. The van der Waals surface area contributed by atoms with Crippen molar-refractivity contribution in [1.29, 1.82) is 0 Å². The molecule has 0 spiro atoms. The van der Waals surface area contributed by atoms with E-state index in [1.807, 2.05) is 67.6 Å². The molecule has 4 aromatic heterocycles. The topological polar surface area (TPSA) is 224 Å². The van der Waals surface area contributed by atoms with Gasteiger partial charge in [0.25, 0.3) is 11.1 Å². The number of ketones is 2. The number of aliphatic hydroxyl groups is 1. The Morgan fingerprint density at radius 3 is 1.48 bits per heavy atom. The van der Waals surface area contributed by atoms with E-state index in [4.69, 9.17) is 18.9 Å². The lowest BCUT2D eigenvalue weighted by atomic mass is 9.96. The summed E-state index contributed by atoms with van der Waals surface area (Å²) in [6, 6.07) is 19.3. The Morgan fingerprint density at radius 2 is 1.03 bits per heavy atom. The van der Waals surface area contributed by atoms with Gasteiger partial charge in [0.1, 0.15) is 55.7 Å². The molecule has 21 heteroatoms. The Balaban J connectivity index is 0.000000212. The zero-order valence-corrected chi connectivity index (χ0v) is 51.7. The number of benzene rings is 2. The molecule has 2 unspecified atom stereocenters. The van der Waals surface area contributed by atoms with Gasteiger partial charge in [-0.25, -0.2) is 28.3 Å². The molecular formula is C58H72Br2N4O13S2. The fourth-order valence-electron chi connectivity index (χ4n) is 9.18. The molecule has 4 heterocycles. The number of fused-ring (bicyclic) bond motifs is 2. The van der Waals surface area contributed by atoms with Crippen LogP contribution in [-0.2, 0) is 55.7 Å². The van der Waals surface area contributed by atoms with Gasteiger partial charge in [-0.1, -0.05) is 60.7 Å². The molecule has 2 saturated carbocycles. The van der Waals surface area contributed by atoms with Crippen molar-refractivity contribution >= 4 is 98.5 Å². The number of carbonyl (C=O) groups is 4. The summed E-state index contributed by atoms with van der Waals surface area (Å²) in [5.74, 6) is -0.747. The average molecular weight is 1260 g/mol. The number of ether oxygens (including phenoxy) is 4. The molecule has 17 nitrogen and oxygen atoms in total. The molecule has 428 valence electrons. The highest BCUT2D eigenvalue weighted by molar-refractivity contribution is 9.11. The van der Waals surface area contributed by atoms with Crippen LogP contribution in [0.5, 0.6) is 0 Å². The van der Waals surface area contributed by atoms with Crippen LogP contribution in [0.25, 0.3) is 20.4 Å². The molecule has 0 radical (unpaired) electrons. The van der Waals surface area contributed by atoms with Gasteiger partial charge in [-0.15, -0.1) is 22.7 Å². The minimum absolute atomic E-state index is 0.0194. The van der Waals surface area contributed by atoms with E-state index in [1.54, 1.807) is 48.5 Å². The summed E-state index contributed by atoms with van der Waals surface area (Å²) in [7, 11) is 0. The highest BCUT2D eigenvalue weighted by Gasteiger charge is 2.40. The third-order valence-electron chi connectivity index (χ3n) is 13.5. The second-order valence-electron chi connectivity index (χ2n) is 22.8. The van der Waals surface area contributed by atoms with Gasteiger partial charge in [0.2, 0.25) is 0 Å². The number of aromatic nitrogens is 4. The zero-order valence-electron chi connectivity index (χ0n) is 46.9. The Kier molecular flexibility index (Phi) is 20.5. The number of H-pyrrole nitrogens is 1. The molecule has 2 aliphatic rings. The molecule has 6 aromatic rings. The third-order valence-corrected chi connectivity index (χ3v) is 17.8. The van der Waals surface area contributed by atoms with Crippen LogP contribution < -0.4 is 22.5 Å². The largest absolute Gasteiger partial charge is 0.458 e. The maximum Gasteiger partial charge on any atom is 0.333 e. The second-order valence-corrected chi connectivity index (χ2v) is 27.5. The number of halogens is 2. The van der Waals surface area contributed by atoms with E-state index in [0.717, 1.165) is 46.2 Å². The summed E-state index contributed by atoms with van der Waals surface area (Å²) in [4.78, 5) is 106. The molecule has 0 aliphatic heterocycles. The van der Waals surface area contributed by atoms with Crippen LogP contribution in [-0.4, -0.2) is 77.3 Å². The predicted octanol–water partition coefficient (Wildman–Crippen LogP) is 10.8. The van der Waals surface area contributed by atoms with Gasteiger partial charge in [-0.05, 0) is 163 Å². The van der Waals surface area contributed by atoms with Gasteiger partial charge in [-0.3, -0.25) is 28.7 Å². The first-order valence-electron chi connectivity index (χ1n) is 26.3. The monoisotopic (exact) mass is 1250 g/mol. The van der Waals surface area contributed by atoms with Crippen LogP contribution in [0.15, 0.2) is 87.4 Å². The number of rotatable bonds is 13. The van der Waals surface area contributed by atoms with Crippen LogP contribution in [0.3, 0.4) is 0 Å². The zero-order chi connectivity index (χ0) is 58.5. The van der Waals surface area contributed by atoms with E-state index in [-0.39, 0.29) is 37.2 Å². The fraction of sp³-hybridized carbons (Fsp3) is 0.517. The molecule has 2 aromatic carbocycles. The van der Waals surface area contributed by atoms with Crippen molar-refractivity contribution in [1.82, 2.24) is 18.7 Å². The molecule has 0 bridgehead atoms. The lowest BCUT2D eigenvalue weighted by Gasteiger charge is -2.31. The first-order valence-corrected chi connectivity index (χ1v) is 29.5. The Hall–Kier alpha value is -5.16. The van der Waals surface area contributed by atoms with E-state index >= 15 is 0 Å². The summed E-state index contributed by atoms with van der Waals surface area (Å²) in [5, 5.41) is 10.1. The van der Waals surface area contributed by atoms with Crippen molar-refractivity contribution in [3.63, 3.8) is 0 Å². The molecule has 0 saturated heterocycles. The first-order chi connectivity index (χ1) is 36.9. The summed E-state index contributed by atoms with van der Waals surface area (Å²) >= 11 is 9.49. The van der Waals surface area contributed by atoms with Crippen LogP contribution in [0.2, 0.25) is 0 Å². The number of aromatic amines is 1. The minimum Gasteiger partial charge on any atom is -0.458 e. The standard InChI is InChI=1S/C29H35BrN2O6S.C15H19BrN2O4S.C14H18O3/c1-17-22-24(34)32(29(5,6)26(35)38-28(2,3)4)27(36)31(25(22)39-23(17)30)16-21(18-10-8-7-9-11-18)37-20-14-12-19(33)13-15-20;1-7-8-10(23-9(7)16)17-13(21)18(11(8)19)15(5,6)12(20)22-14(2,3)4;15-10-14(11-4-2-1-3-5-11)17-13-8-6-12(16)7-9-13/h7-11,20-21H,12-16H2,1-6H3;1-6H3,(H,17,21);1-5,13-15H,6-10H2. The molecule has 79 heavy (non-hydrogen) atoms. The lowest BCUT2D eigenvalue weighted by Crippen LogP contribution is -2.54. The smallest absolute Gasteiger partial charge is 0.333 e. The maximum absolute atomic E-state index is 14.2. The van der Waals surface area contributed by atoms with E-state index in [9.17, 15) is 43.5 Å². The highest BCUT2D eigenvalue weighted by atomic mass is 79.9. The normalized spacial score (nSPS) is 15.7. The minimum atomic E-state index is -1.56. The Bertz CT molecular complexity index is 3410. The summed E-state index contributed by atoms with van der Waals surface area (Å²) in [5.41, 5.74) is -3.47. The van der Waals surface area contributed by atoms with Gasteiger partial charge in [0.15, 0.2) is 0 Å². The lowest BCUT2D eigenvalue weighted by molar-refractivity contribution is -0.165. The van der Waals surface area contributed by atoms with Gasteiger partial charge in [0, 0.05) is 25.7 Å². The van der Waals surface area contributed by atoms with Crippen molar-refractivity contribution in [3.8, 4) is 0 Å². The molecular weight excluding hydrogens is 1180 g/mol. The SMILES string of the molecule is Cc1c(Br)sc2[nH]c(=O)n(C(C)(C)C(=O)OC(C)(C)C)c(=O)c12.Cc1c(Br)sc2c1c(=O)n(C(C)(C)C(=O)OC(C)(C)C)c(=O)n2CC(OC1CCC(=O)CC1)c1ccccc1.O=C1CCC(OC(CO)c2ccccc2)CC1. The average Bonchev–Trinajstić information content (AvgIpc) is 3.98. The molecule has 2 fully saturated rings. The van der Waals surface area contributed by atoms with Crippen LogP contribution >= 0.6 is 54.5 Å². The third kappa shape index (κ3) is 15.2. The van der Waals surface area contributed by atoms with Crippen LogP contribution in [0.1, 0.15) is 155 Å². The predicted molar refractivity (Wildman–Crippen MR) is 314 cm³/mol. The van der Waals surface area contributed by atoms with E-state index < -0.39 is 62.8 Å². The molecule has 2 aliphatic carbocycles. The van der Waals surface area contributed by atoms with Gasteiger partial charge >= 0.3 is 23.3 Å². The van der Waals surface area contributed by atoms with E-state index in [1.165, 1.54) is 54.9 Å². The van der Waals surface area contributed by atoms with Crippen molar-refractivity contribution in [3.05, 3.63) is 132 Å². The number of nitrogens with one attached hydrogen (secondary N) is 1. The number of hydrogen-bond acceptors (Lipinski definition) is 15. The van der Waals surface area contributed by atoms with Crippen molar-refractivity contribution in [2.75, 3.05) is 6.61 Å². The van der Waals surface area contributed by atoms with Crippen LogP contribution in [0, 0.1) is 13.8 Å². The quantitative estimate of drug-likeness (QED) is 0.103. The van der Waals surface area contributed by atoms with E-state index in [2.05, 4.69) is 36.8 Å². The number of thiophene rings is 2. The Labute approximate surface area is 483 Å². The fourth-order valence-corrected chi connectivity index (χ4v) is 12.5. The number of nitrogens with zero attached hydrogens (tertiary/aromatic N) is 3. The molecule has 0 amide bonds. The Morgan fingerprint density at radius 1 is 0.620 bits per heavy atom. The van der Waals surface area contributed by atoms with Gasteiger partial charge < -0.3 is 24.1 Å². The molecule has 2 N–H and O–H groups in total. The van der Waals surface area contributed by atoms with Crippen LogP contribution in [0.4, 0.5) is 0 Å². The number of esters is 2. The number of aliphatic hydroxyl groups excluding tert-OH is 1. The number of carbonyl (C=O) groups excluding carboxylic acids is 4. The van der Waals surface area contributed by atoms with Gasteiger partial charge in [0.05, 0.1) is 43.7 Å². The van der Waals surface area contributed by atoms with E-state index in [0.29, 0.717) is 70.3 Å². The van der Waals surface area contributed by atoms with Crippen molar-refractivity contribution < 1.29 is 43.2 Å². The first kappa shape index (κ1) is 63.0. The summed E-state index contributed by atoms with van der Waals surface area (Å²) in [6.07, 6.45) is 4.17. The number of Topliss-reactive ketones (excluding diaryl/α,β-unsaturated/α-hetero) is 2. The summed E-state index contributed by atoms with van der Waals surface area (Å²) < 4.78 is 28.4. The highest BCUT2D eigenvalue weighted by Crippen LogP contribution is 2.36. The van der Waals surface area contributed by atoms with Crippen molar-refractivity contribution in [2.24, 2.45) is 0 Å².